The van der Waals surface area contributed by atoms with Gasteiger partial charge in [0.05, 0.1) is 31.6 Å². The molecule has 104 valence electrons. The molecule has 0 bridgehead atoms. The number of fused-ring (bicyclic) bond motifs is 1. The van der Waals surface area contributed by atoms with E-state index in [4.69, 9.17) is 5.73 Å². The maximum absolute atomic E-state index is 6.10. The molecule has 6 heteroatoms. The van der Waals surface area contributed by atoms with Crippen LogP contribution in [0.4, 0.5) is 11.4 Å². The van der Waals surface area contributed by atoms with E-state index >= 15 is 0 Å². The summed E-state index contributed by atoms with van der Waals surface area (Å²) in [6.45, 7) is 4.98. The van der Waals surface area contributed by atoms with E-state index in [-0.39, 0.29) is 0 Å². The first-order valence-electron chi connectivity index (χ1n) is 6.43. The molecule has 0 saturated carbocycles. The summed E-state index contributed by atoms with van der Waals surface area (Å²) in [5, 5.41) is 7.62. The third-order valence-electron chi connectivity index (χ3n) is 3.14. The van der Waals surface area contributed by atoms with Gasteiger partial charge in [-0.2, -0.15) is 0 Å². The lowest BCUT2D eigenvalue weighted by molar-refractivity contribution is 0.795. The van der Waals surface area contributed by atoms with E-state index in [0.717, 1.165) is 38.2 Å². The van der Waals surface area contributed by atoms with Gasteiger partial charge < -0.3 is 11.1 Å². The van der Waals surface area contributed by atoms with Gasteiger partial charge in [0.1, 0.15) is 0 Å². The Morgan fingerprint density at radius 2 is 2.25 bits per heavy atom. The highest BCUT2D eigenvalue weighted by molar-refractivity contribution is 7.18. The monoisotopic (exact) mass is 304 g/mol. The first-order valence-corrected chi connectivity index (χ1v) is 8.13. The zero-order valence-electron chi connectivity index (χ0n) is 11.4. The van der Waals surface area contributed by atoms with Gasteiger partial charge in [0.25, 0.3) is 0 Å². The Labute approximate surface area is 125 Å². The number of hydrogen-bond donors (Lipinski definition) is 2. The third kappa shape index (κ3) is 2.62. The highest BCUT2D eigenvalue weighted by Crippen LogP contribution is 2.30. The van der Waals surface area contributed by atoms with Crippen LogP contribution in [-0.2, 0) is 0 Å². The quantitative estimate of drug-likeness (QED) is 0.718. The van der Waals surface area contributed by atoms with E-state index in [1.54, 1.807) is 22.7 Å². The molecule has 0 spiro atoms. The van der Waals surface area contributed by atoms with Gasteiger partial charge in [-0.25, -0.2) is 9.97 Å². The zero-order valence-corrected chi connectivity index (χ0v) is 13.0. The van der Waals surface area contributed by atoms with Crippen LogP contribution in [0.25, 0.3) is 10.2 Å². The number of thiazole rings is 2. The second kappa shape index (κ2) is 5.38. The lowest BCUT2D eigenvalue weighted by Gasteiger charge is -2.13. The van der Waals surface area contributed by atoms with Crippen LogP contribution >= 0.6 is 22.7 Å². The molecule has 3 N–H and O–H groups in total. The fourth-order valence-corrected chi connectivity index (χ4v) is 3.64. The fraction of sp³-hybridized carbons (Fsp3) is 0.286. The van der Waals surface area contributed by atoms with Crippen LogP contribution < -0.4 is 11.1 Å². The van der Waals surface area contributed by atoms with Crippen molar-refractivity contribution in [1.82, 2.24) is 9.97 Å². The van der Waals surface area contributed by atoms with Crippen LogP contribution in [0.15, 0.2) is 23.7 Å². The Hall–Kier alpha value is -1.66. The molecule has 1 atom stereocenters. The van der Waals surface area contributed by atoms with Crippen molar-refractivity contribution < 1.29 is 0 Å². The predicted octanol–water partition coefficient (Wildman–Crippen LogP) is 3.86. The Morgan fingerprint density at radius 3 is 3.00 bits per heavy atom. The highest BCUT2D eigenvalue weighted by Gasteiger charge is 2.10. The molecule has 0 aliphatic rings. The molecule has 0 aliphatic heterocycles. The largest absolute Gasteiger partial charge is 0.397 e. The molecule has 0 fully saturated rings. The number of hydrogen-bond acceptors (Lipinski definition) is 6. The molecule has 0 radical (unpaired) electrons. The molecule has 20 heavy (non-hydrogen) atoms. The number of anilines is 2. The van der Waals surface area contributed by atoms with Crippen LogP contribution in [0.5, 0.6) is 0 Å². The van der Waals surface area contributed by atoms with E-state index in [2.05, 4.69) is 22.2 Å². The summed E-state index contributed by atoms with van der Waals surface area (Å²) in [5.41, 5.74) is 8.83. The molecule has 2 aromatic heterocycles. The number of nitrogens with one attached hydrogen (secondary N) is 1. The van der Waals surface area contributed by atoms with Crippen molar-refractivity contribution in [2.75, 3.05) is 17.6 Å². The first kappa shape index (κ1) is 13.3. The Balaban J connectivity index is 1.78. The lowest BCUT2D eigenvalue weighted by atomic mass is 10.2. The van der Waals surface area contributed by atoms with Gasteiger partial charge in [-0.3, -0.25) is 0 Å². The highest BCUT2D eigenvalue weighted by atomic mass is 32.1. The third-order valence-corrected chi connectivity index (χ3v) is 5.08. The molecule has 1 unspecified atom stereocenters. The standard InChI is InChI=1S/C14H16N4S2/c1-8(14-16-3-4-19-14)7-17-11-6-12-13(5-10(11)15)20-9(2)18-12/h3-6,8,17H,7,15H2,1-2H3. The summed E-state index contributed by atoms with van der Waals surface area (Å²) in [6.07, 6.45) is 1.84. The molecule has 0 saturated heterocycles. The van der Waals surface area contributed by atoms with E-state index < -0.39 is 0 Å². The first-order chi connectivity index (χ1) is 9.63. The van der Waals surface area contributed by atoms with Crippen LogP contribution in [0.3, 0.4) is 0 Å². The van der Waals surface area contributed by atoms with Crippen molar-refractivity contribution in [2.45, 2.75) is 19.8 Å². The van der Waals surface area contributed by atoms with Crippen LogP contribution in [0, 0.1) is 6.92 Å². The minimum atomic E-state index is 0.363. The van der Waals surface area contributed by atoms with Gasteiger partial charge in [0, 0.05) is 24.0 Å². The predicted molar refractivity (Wildman–Crippen MR) is 87.8 cm³/mol. The van der Waals surface area contributed by atoms with Gasteiger partial charge in [0.15, 0.2) is 0 Å². The number of nitrogens with two attached hydrogens (primary N) is 1. The average molecular weight is 304 g/mol. The number of benzene rings is 1. The minimum absolute atomic E-state index is 0.363. The average Bonchev–Trinajstić information content (AvgIpc) is 3.03. The van der Waals surface area contributed by atoms with Crippen molar-refractivity contribution in [3.63, 3.8) is 0 Å². The van der Waals surface area contributed by atoms with E-state index in [1.165, 1.54) is 0 Å². The summed E-state index contributed by atoms with van der Waals surface area (Å²) in [5.74, 6) is 0.363. The summed E-state index contributed by atoms with van der Waals surface area (Å²) < 4.78 is 1.14. The van der Waals surface area contributed by atoms with Crippen molar-refractivity contribution >= 4 is 44.3 Å². The summed E-state index contributed by atoms with van der Waals surface area (Å²) in [6, 6.07) is 4.03. The minimum Gasteiger partial charge on any atom is -0.397 e. The fourth-order valence-electron chi connectivity index (χ4n) is 2.09. The second-order valence-electron chi connectivity index (χ2n) is 4.79. The zero-order chi connectivity index (χ0) is 14.1. The number of nitrogen functional groups attached to an aromatic ring is 1. The molecule has 0 aliphatic carbocycles. The summed E-state index contributed by atoms with van der Waals surface area (Å²) in [7, 11) is 0. The number of rotatable bonds is 4. The van der Waals surface area contributed by atoms with Gasteiger partial charge >= 0.3 is 0 Å². The van der Waals surface area contributed by atoms with E-state index in [9.17, 15) is 0 Å². The van der Waals surface area contributed by atoms with Gasteiger partial charge in [-0.1, -0.05) is 6.92 Å². The van der Waals surface area contributed by atoms with Gasteiger partial charge in [-0.15, -0.1) is 22.7 Å². The van der Waals surface area contributed by atoms with Crippen LogP contribution in [0.1, 0.15) is 22.9 Å². The number of aromatic nitrogens is 2. The molecule has 2 heterocycles. The summed E-state index contributed by atoms with van der Waals surface area (Å²) in [4.78, 5) is 8.85. The molecule has 3 rings (SSSR count). The van der Waals surface area contributed by atoms with E-state index in [1.807, 2.05) is 30.6 Å². The van der Waals surface area contributed by atoms with Crippen LogP contribution in [-0.4, -0.2) is 16.5 Å². The van der Waals surface area contributed by atoms with Crippen molar-refractivity contribution in [1.29, 1.82) is 0 Å². The summed E-state index contributed by atoms with van der Waals surface area (Å²) >= 11 is 3.35. The van der Waals surface area contributed by atoms with Crippen LogP contribution in [0.2, 0.25) is 0 Å². The smallest absolute Gasteiger partial charge is 0.0970 e. The van der Waals surface area contributed by atoms with Crippen molar-refractivity contribution in [3.8, 4) is 0 Å². The van der Waals surface area contributed by atoms with E-state index in [0.29, 0.717) is 5.92 Å². The Kier molecular flexibility index (Phi) is 3.58. The topological polar surface area (TPSA) is 63.8 Å². The second-order valence-corrected chi connectivity index (χ2v) is 6.95. The Morgan fingerprint density at radius 1 is 1.40 bits per heavy atom. The van der Waals surface area contributed by atoms with Crippen molar-refractivity contribution in [2.24, 2.45) is 0 Å². The lowest BCUT2D eigenvalue weighted by Crippen LogP contribution is -2.10. The molecular formula is C14H16N4S2. The number of aryl methyl sites for hydroxylation is 1. The normalized spacial score (nSPS) is 12.7. The number of nitrogens with zero attached hydrogens (tertiary/aromatic N) is 2. The molecule has 3 aromatic rings. The van der Waals surface area contributed by atoms with Crippen molar-refractivity contribution in [3.05, 3.63) is 33.7 Å². The Bertz CT molecular complexity index is 718. The molecular weight excluding hydrogens is 288 g/mol. The SMILES string of the molecule is Cc1nc2cc(NCC(C)c3nccs3)c(N)cc2s1. The van der Waals surface area contributed by atoms with Gasteiger partial charge in [-0.05, 0) is 19.1 Å². The molecule has 0 amide bonds. The molecule has 1 aromatic carbocycles. The molecule has 4 nitrogen and oxygen atoms in total. The maximum Gasteiger partial charge on any atom is 0.0970 e. The van der Waals surface area contributed by atoms with Gasteiger partial charge in [0.2, 0.25) is 0 Å². The maximum atomic E-state index is 6.10.